The number of amides is 1. The van der Waals surface area contributed by atoms with E-state index in [-0.39, 0.29) is 23.3 Å². The van der Waals surface area contributed by atoms with Gasteiger partial charge in [0.2, 0.25) is 5.91 Å². The Hall–Kier alpha value is -1.10. The first kappa shape index (κ1) is 14.3. The van der Waals surface area contributed by atoms with Gasteiger partial charge in [-0.25, -0.2) is 4.79 Å². The fourth-order valence-corrected chi connectivity index (χ4v) is 3.57. The van der Waals surface area contributed by atoms with E-state index in [2.05, 4.69) is 0 Å². The minimum atomic E-state index is -0.889. The van der Waals surface area contributed by atoms with Crippen molar-refractivity contribution in [1.82, 2.24) is 4.90 Å². The lowest BCUT2D eigenvalue weighted by molar-refractivity contribution is -0.160. The molecule has 108 valence electrons. The van der Waals surface area contributed by atoms with Gasteiger partial charge in [0.05, 0.1) is 0 Å². The number of aliphatic carboxylic acids is 1. The molecule has 1 aliphatic carbocycles. The molecule has 1 aliphatic heterocycles. The molecule has 2 aliphatic rings. The van der Waals surface area contributed by atoms with Crippen molar-refractivity contribution in [3.8, 4) is 0 Å². The van der Waals surface area contributed by atoms with Crippen LogP contribution in [0, 0.1) is 11.3 Å². The summed E-state index contributed by atoms with van der Waals surface area (Å²) in [6.45, 7) is 4.43. The van der Waals surface area contributed by atoms with Crippen LogP contribution in [0.2, 0.25) is 0 Å². The maximum Gasteiger partial charge on any atom is 0.326 e. The molecule has 1 saturated carbocycles. The van der Waals surface area contributed by atoms with Crippen LogP contribution in [0.3, 0.4) is 0 Å². The lowest BCUT2D eigenvalue weighted by atomic mass is 9.76. The lowest BCUT2D eigenvalue weighted by Crippen LogP contribution is -2.57. The van der Waals surface area contributed by atoms with Crippen LogP contribution in [0.15, 0.2) is 0 Å². The SMILES string of the molecule is CC1(C)CCCN(C(=O)C2CCC(N)C2)C1C(=O)O. The summed E-state index contributed by atoms with van der Waals surface area (Å²) in [4.78, 5) is 25.7. The molecule has 19 heavy (non-hydrogen) atoms. The molecule has 5 heteroatoms. The van der Waals surface area contributed by atoms with Crippen LogP contribution in [0.4, 0.5) is 0 Å². The summed E-state index contributed by atoms with van der Waals surface area (Å²) in [5.74, 6) is -0.973. The molecule has 1 amide bonds. The third-order valence-corrected chi connectivity index (χ3v) is 4.61. The molecule has 1 saturated heterocycles. The summed E-state index contributed by atoms with van der Waals surface area (Å²) >= 11 is 0. The molecule has 0 spiro atoms. The third-order valence-electron chi connectivity index (χ3n) is 4.61. The number of carboxylic acids is 1. The van der Waals surface area contributed by atoms with E-state index < -0.39 is 12.0 Å². The van der Waals surface area contributed by atoms with E-state index in [0.29, 0.717) is 13.0 Å². The second-order valence-corrected chi connectivity index (χ2v) is 6.63. The number of carboxylic acid groups (broad SMARTS) is 1. The molecule has 1 heterocycles. The van der Waals surface area contributed by atoms with Gasteiger partial charge in [0.1, 0.15) is 6.04 Å². The zero-order valence-electron chi connectivity index (χ0n) is 11.8. The molecular formula is C14H24N2O3. The van der Waals surface area contributed by atoms with E-state index in [4.69, 9.17) is 5.73 Å². The van der Waals surface area contributed by atoms with Gasteiger partial charge in [-0.1, -0.05) is 13.8 Å². The standard InChI is InChI=1S/C14H24N2O3/c1-14(2)6-3-7-16(11(14)13(18)19)12(17)9-4-5-10(15)8-9/h9-11H,3-8,15H2,1-2H3,(H,18,19). The Bertz CT molecular complexity index is 381. The van der Waals surface area contributed by atoms with Crippen LogP contribution in [0.25, 0.3) is 0 Å². The molecule has 2 fully saturated rings. The van der Waals surface area contributed by atoms with Crippen molar-refractivity contribution in [3.63, 3.8) is 0 Å². The molecule has 0 aromatic heterocycles. The van der Waals surface area contributed by atoms with E-state index in [1.165, 1.54) is 0 Å². The molecule has 0 aromatic rings. The van der Waals surface area contributed by atoms with Crippen LogP contribution in [-0.4, -0.2) is 40.5 Å². The first-order valence-corrected chi connectivity index (χ1v) is 7.12. The number of rotatable bonds is 2. The van der Waals surface area contributed by atoms with Crippen LogP contribution < -0.4 is 5.73 Å². The number of nitrogens with two attached hydrogens (primary N) is 1. The second kappa shape index (κ2) is 5.12. The van der Waals surface area contributed by atoms with E-state index in [1.54, 1.807) is 4.90 Å². The molecule has 3 unspecified atom stereocenters. The second-order valence-electron chi connectivity index (χ2n) is 6.63. The summed E-state index contributed by atoms with van der Waals surface area (Å²) in [6, 6.07) is -0.611. The average Bonchev–Trinajstić information content (AvgIpc) is 2.72. The van der Waals surface area contributed by atoms with Crippen molar-refractivity contribution < 1.29 is 14.7 Å². The van der Waals surface area contributed by atoms with Gasteiger partial charge in [0.15, 0.2) is 0 Å². The van der Waals surface area contributed by atoms with Crippen LogP contribution in [0.5, 0.6) is 0 Å². The van der Waals surface area contributed by atoms with Gasteiger partial charge in [0.25, 0.3) is 0 Å². The fraction of sp³-hybridized carbons (Fsp3) is 0.857. The first-order valence-electron chi connectivity index (χ1n) is 7.12. The summed E-state index contributed by atoms with van der Waals surface area (Å²) in [7, 11) is 0. The molecule has 5 nitrogen and oxygen atoms in total. The lowest BCUT2D eigenvalue weighted by Gasteiger charge is -2.44. The van der Waals surface area contributed by atoms with Crippen LogP contribution >= 0.6 is 0 Å². The number of hydrogen-bond acceptors (Lipinski definition) is 3. The van der Waals surface area contributed by atoms with Crippen molar-refractivity contribution in [2.75, 3.05) is 6.54 Å². The van der Waals surface area contributed by atoms with Gasteiger partial charge in [-0.15, -0.1) is 0 Å². The Morgan fingerprint density at radius 1 is 1.32 bits per heavy atom. The Balaban J connectivity index is 2.16. The van der Waals surface area contributed by atoms with Gasteiger partial charge in [0, 0.05) is 18.5 Å². The minimum absolute atomic E-state index is 0.00637. The highest BCUT2D eigenvalue weighted by molar-refractivity contribution is 5.86. The Kier molecular flexibility index (Phi) is 3.85. The van der Waals surface area contributed by atoms with Crippen molar-refractivity contribution in [1.29, 1.82) is 0 Å². The maximum absolute atomic E-state index is 12.6. The zero-order chi connectivity index (χ0) is 14.2. The van der Waals surface area contributed by atoms with Gasteiger partial charge < -0.3 is 15.7 Å². The number of likely N-dealkylation sites (tertiary alicyclic amines) is 1. The quantitative estimate of drug-likeness (QED) is 0.788. The summed E-state index contributed by atoms with van der Waals surface area (Å²) in [5.41, 5.74) is 5.49. The highest BCUT2D eigenvalue weighted by atomic mass is 16.4. The molecule has 0 bridgehead atoms. The van der Waals surface area contributed by atoms with Gasteiger partial charge in [-0.2, -0.15) is 0 Å². The Morgan fingerprint density at radius 3 is 2.53 bits per heavy atom. The van der Waals surface area contributed by atoms with Crippen LogP contribution in [-0.2, 0) is 9.59 Å². The summed E-state index contributed by atoms with van der Waals surface area (Å²) in [5, 5.41) is 9.47. The molecule has 0 aromatic carbocycles. The average molecular weight is 268 g/mol. The van der Waals surface area contributed by atoms with Gasteiger partial charge >= 0.3 is 5.97 Å². The topological polar surface area (TPSA) is 83.6 Å². The maximum atomic E-state index is 12.6. The normalized spacial score (nSPS) is 34.3. The number of carbonyl (C=O) groups excluding carboxylic acids is 1. The van der Waals surface area contributed by atoms with Gasteiger partial charge in [-0.3, -0.25) is 4.79 Å². The minimum Gasteiger partial charge on any atom is -0.480 e. The van der Waals surface area contributed by atoms with E-state index in [1.807, 2.05) is 13.8 Å². The smallest absolute Gasteiger partial charge is 0.326 e. The largest absolute Gasteiger partial charge is 0.480 e. The van der Waals surface area contributed by atoms with Crippen LogP contribution in [0.1, 0.15) is 46.0 Å². The van der Waals surface area contributed by atoms with E-state index in [0.717, 1.165) is 25.7 Å². The Labute approximate surface area is 114 Å². The van der Waals surface area contributed by atoms with Crippen molar-refractivity contribution in [3.05, 3.63) is 0 Å². The third kappa shape index (κ3) is 2.76. The van der Waals surface area contributed by atoms with Crippen molar-refractivity contribution in [2.45, 2.75) is 58.0 Å². The molecule has 2 rings (SSSR count). The number of carbonyl (C=O) groups is 2. The molecular weight excluding hydrogens is 244 g/mol. The Morgan fingerprint density at radius 2 is 2.00 bits per heavy atom. The first-order chi connectivity index (χ1) is 8.83. The van der Waals surface area contributed by atoms with E-state index >= 15 is 0 Å². The molecule has 3 atom stereocenters. The number of hydrogen-bond donors (Lipinski definition) is 2. The molecule has 0 radical (unpaired) electrons. The highest BCUT2D eigenvalue weighted by Crippen LogP contribution is 2.37. The van der Waals surface area contributed by atoms with Crippen molar-refractivity contribution >= 4 is 11.9 Å². The monoisotopic (exact) mass is 268 g/mol. The van der Waals surface area contributed by atoms with Gasteiger partial charge in [-0.05, 0) is 37.5 Å². The number of piperidine rings is 1. The summed E-state index contributed by atoms with van der Waals surface area (Å²) in [6.07, 6.45) is 4.08. The highest BCUT2D eigenvalue weighted by Gasteiger charge is 2.46. The zero-order valence-corrected chi connectivity index (χ0v) is 11.8. The predicted molar refractivity (Wildman–Crippen MR) is 71.5 cm³/mol. The molecule has 3 N–H and O–H groups in total. The van der Waals surface area contributed by atoms with E-state index in [9.17, 15) is 14.7 Å². The summed E-state index contributed by atoms with van der Waals surface area (Å²) < 4.78 is 0. The van der Waals surface area contributed by atoms with Crippen molar-refractivity contribution in [2.24, 2.45) is 17.1 Å². The predicted octanol–water partition coefficient (Wildman–Crippen LogP) is 1.22. The number of nitrogens with zero attached hydrogens (tertiary/aromatic N) is 1. The fourth-order valence-electron chi connectivity index (χ4n) is 3.57.